The Labute approximate surface area is 574 Å². The first-order valence-electron chi connectivity index (χ1n) is 32.4. The van der Waals surface area contributed by atoms with Gasteiger partial charge in [0.2, 0.25) is 11.8 Å². The fraction of sp³-hybridized carbons (Fsp3) is 0.253. The molecule has 0 radical (unpaired) electrons. The van der Waals surface area contributed by atoms with Crippen molar-refractivity contribution in [2.45, 2.75) is 70.5 Å². The van der Waals surface area contributed by atoms with Gasteiger partial charge in [-0.05, 0) is 167 Å². The molecule has 3 heterocycles. The summed E-state index contributed by atoms with van der Waals surface area (Å²) in [6, 6.07) is 67.9. The fourth-order valence-electron chi connectivity index (χ4n) is 11.4. The first-order valence-corrected chi connectivity index (χ1v) is 32.4. The zero-order valence-corrected chi connectivity index (χ0v) is 55.9. The molecule has 4 amide bonds. The molecule has 0 aliphatic carbocycles. The average Bonchev–Trinajstić information content (AvgIpc) is 1.67. The number of benzene rings is 9. The summed E-state index contributed by atoms with van der Waals surface area (Å²) >= 11 is 0. The lowest BCUT2D eigenvalue weighted by molar-refractivity contribution is -0.141. The van der Waals surface area contributed by atoms with Crippen molar-refractivity contribution in [3.05, 3.63) is 271 Å². The van der Waals surface area contributed by atoms with Gasteiger partial charge in [0.25, 0.3) is 0 Å². The molecule has 3 aliphatic rings. The highest BCUT2D eigenvalue weighted by Gasteiger charge is 2.43. The summed E-state index contributed by atoms with van der Waals surface area (Å²) in [6.07, 6.45) is -0.879. The topological polar surface area (TPSA) is 220 Å². The number of carboxylic acids is 1. The highest BCUT2D eigenvalue weighted by Crippen LogP contribution is 2.37. The minimum atomic E-state index is -0.880. The van der Waals surface area contributed by atoms with Crippen LogP contribution in [0.1, 0.15) is 76.0 Å². The Kier molecular flexibility index (Phi) is 24.6. The second-order valence-corrected chi connectivity index (χ2v) is 25.9. The lowest BCUT2D eigenvalue weighted by Gasteiger charge is -2.24. The minimum Gasteiger partial charge on any atom is -0.481 e. The van der Waals surface area contributed by atoms with Gasteiger partial charge in [-0.15, -0.1) is 0 Å². The van der Waals surface area contributed by atoms with Gasteiger partial charge < -0.3 is 60.3 Å². The summed E-state index contributed by atoms with van der Waals surface area (Å²) in [4.78, 5) is 65.7. The molecule has 0 spiro atoms. The van der Waals surface area contributed by atoms with Crippen molar-refractivity contribution >= 4 is 47.0 Å². The number of ether oxygens (including phenoxy) is 5. The number of hydrogen-bond acceptors (Lipinski definition) is 12. The quantitative estimate of drug-likeness (QED) is 0.0641. The highest BCUT2D eigenvalue weighted by molar-refractivity contribution is 5.95. The Balaban J connectivity index is 0.000000161. The zero-order chi connectivity index (χ0) is 70.6. The first-order chi connectivity index (χ1) is 47.4. The number of nitrogens with one attached hydrogen (secondary N) is 3. The lowest BCUT2D eigenvalue weighted by atomic mass is 9.88. The monoisotopic (exact) mass is 1350 g/mol. The number of hydrogen-bond donors (Lipinski definition) is 5. The van der Waals surface area contributed by atoms with E-state index in [0.29, 0.717) is 71.2 Å². The Hall–Kier alpha value is -11.1. The van der Waals surface area contributed by atoms with E-state index in [1.165, 1.54) is 59.0 Å². The van der Waals surface area contributed by atoms with Crippen LogP contribution in [0, 0.1) is 35.2 Å². The second-order valence-electron chi connectivity index (χ2n) is 25.9. The number of carbonyl (C=O) groups excluding carboxylic acids is 4. The first kappa shape index (κ1) is 72.2. The summed E-state index contributed by atoms with van der Waals surface area (Å²) in [5, 5.41) is 18.7. The van der Waals surface area contributed by atoms with Crippen LogP contribution in [0.15, 0.2) is 237 Å². The Morgan fingerprint density at radius 3 is 1.15 bits per heavy atom. The van der Waals surface area contributed by atoms with E-state index in [-0.39, 0.29) is 66.0 Å². The lowest BCUT2D eigenvalue weighted by Crippen LogP contribution is -2.36. The van der Waals surface area contributed by atoms with Crippen LogP contribution in [0.4, 0.5) is 39.8 Å². The maximum atomic E-state index is 13.4. The number of likely N-dealkylation sites (tertiary alicyclic amines) is 2. The predicted octanol–water partition coefficient (Wildman–Crippen LogP) is 16.7. The van der Waals surface area contributed by atoms with E-state index in [9.17, 15) is 42.3 Å². The zero-order valence-electron chi connectivity index (χ0n) is 55.9. The second kappa shape index (κ2) is 33.7. The molecule has 3 fully saturated rings. The molecule has 20 heteroatoms. The van der Waals surface area contributed by atoms with Crippen molar-refractivity contribution in [1.82, 2.24) is 15.1 Å². The third-order valence-corrected chi connectivity index (χ3v) is 16.0. The summed E-state index contributed by atoms with van der Waals surface area (Å²) in [6.45, 7) is 13.5. The van der Waals surface area contributed by atoms with Crippen molar-refractivity contribution in [3.8, 4) is 34.5 Å². The van der Waals surface area contributed by atoms with E-state index in [1.54, 1.807) is 111 Å². The number of halogens is 3. The van der Waals surface area contributed by atoms with Crippen molar-refractivity contribution in [3.63, 3.8) is 0 Å². The Morgan fingerprint density at radius 1 is 0.414 bits per heavy atom. The number of anilines is 3. The Bertz CT molecular complexity index is 4130. The molecule has 0 aromatic heterocycles. The molecule has 9 aromatic rings. The van der Waals surface area contributed by atoms with Gasteiger partial charge in [-0.25, -0.2) is 22.8 Å². The molecular weight excluding hydrogens is 1270 g/mol. The smallest absolute Gasteiger partial charge is 0.410 e. The van der Waals surface area contributed by atoms with Gasteiger partial charge in [-0.2, -0.15) is 0 Å². The summed E-state index contributed by atoms with van der Waals surface area (Å²) in [7, 11) is 0. The molecule has 0 bridgehead atoms. The molecule has 99 heavy (non-hydrogen) atoms. The maximum absolute atomic E-state index is 13.4. The third kappa shape index (κ3) is 21.9. The van der Waals surface area contributed by atoms with E-state index in [0.717, 1.165) is 17.7 Å². The van der Waals surface area contributed by atoms with Crippen LogP contribution in [0.2, 0.25) is 0 Å². The standard InChI is InChI=1S/C28H29FN2O4.C23H21FN2O2.C16H21NO4.C12H10FNO/c1-28(2,3)35-27(33)31-17-24(19-8-5-4-6-9-19)25(18-31)26(32)30-21-10-7-11-23(16-21)34-22-14-12-20(29)13-15-22;24-17-9-11-19(12-10-17)28-20-8-4-7-18(13-20)26-23(27)22-15-25-14-21(22)16-5-2-1-3-6-16;1-16(2,3)21-15(20)17-9-12(13(10-17)14(18)19)11-7-5-4-6-8-11;13-9-4-6-11(7-5-9)15-12-3-1-2-10(14)8-12/h4-16,24-25H,17-18H2,1-3H3,(H,30,32);1-13,21-22,25H,14-15H2,(H,26,27);4-8,12-13H,9-10H2,1-3H3,(H,18,19);1-8H,14H2/t24-,25+;21-,22+;12-,13+;/m000./s1. The molecule has 9 aromatic carbocycles. The fourth-order valence-corrected chi connectivity index (χ4v) is 11.4. The van der Waals surface area contributed by atoms with Crippen molar-refractivity contribution < 1.29 is 65.9 Å². The van der Waals surface area contributed by atoms with Crippen molar-refractivity contribution in [2.75, 3.05) is 55.6 Å². The van der Waals surface area contributed by atoms with Crippen LogP contribution in [-0.2, 0) is 23.9 Å². The molecule has 3 aliphatic heterocycles. The molecule has 0 unspecified atom stereocenters. The van der Waals surface area contributed by atoms with Gasteiger partial charge in [0.1, 0.15) is 63.2 Å². The summed E-state index contributed by atoms with van der Waals surface area (Å²) in [5.41, 5.74) is 9.36. The van der Waals surface area contributed by atoms with Gasteiger partial charge >= 0.3 is 18.2 Å². The third-order valence-electron chi connectivity index (χ3n) is 16.0. The summed E-state index contributed by atoms with van der Waals surface area (Å²) in [5.74, 6) is -0.0832. The number of nitrogens with two attached hydrogens (primary N) is 1. The molecule has 0 saturated carbocycles. The molecule has 6 N–H and O–H groups in total. The van der Waals surface area contributed by atoms with Gasteiger partial charge in [0, 0.05) is 92.3 Å². The molecule has 6 atom stereocenters. The van der Waals surface area contributed by atoms with Crippen LogP contribution in [-0.4, -0.2) is 95.3 Å². The molecular formula is C79H81F3N6O11. The van der Waals surface area contributed by atoms with Crippen molar-refractivity contribution in [1.29, 1.82) is 0 Å². The normalized spacial score (nSPS) is 17.7. The molecule has 17 nitrogen and oxygen atoms in total. The van der Waals surface area contributed by atoms with E-state index in [4.69, 9.17) is 29.4 Å². The van der Waals surface area contributed by atoms with Crippen molar-refractivity contribution in [2.24, 2.45) is 17.8 Å². The minimum absolute atomic E-state index is 0.0159. The number of carboxylic acid groups (broad SMARTS) is 1. The largest absolute Gasteiger partial charge is 0.481 e. The number of rotatable bonds is 14. The van der Waals surface area contributed by atoms with Gasteiger partial charge in [0.15, 0.2) is 0 Å². The predicted molar refractivity (Wildman–Crippen MR) is 375 cm³/mol. The Morgan fingerprint density at radius 2 is 0.768 bits per heavy atom. The number of amides is 4. The molecule has 12 rings (SSSR count). The summed E-state index contributed by atoms with van der Waals surface area (Å²) < 4.78 is 66.7. The molecule has 514 valence electrons. The van der Waals surface area contributed by atoms with Crippen LogP contribution in [0.25, 0.3) is 0 Å². The van der Waals surface area contributed by atoms with E-state index < -0.39 is 41.2 Å². The van der Waals surface area contributed by atoms with Crippen LogP contribution >= 0.6 is 0 Å². The number of nitrogens with zero attached hydrogens (tertiary/aromatic N) is 2. The SMILES string of the molecule is CC(C)(C)OC(=O)N1C[C@@H](C(=O)Nc2cccc(Oc3ccc(F)cc3)c2)[C@H](c2ccccc2)C1.CC(C)(C)OC(=O)N1C[C@@H](C(=O)O)[C@H](c2ccccc2)C1.Nc1cccc(Oc2ccc(F)cc2)c1.O=C(Nc1cccc(Oc2ccc(F)cc2)c1)[C@@H]1CNC[C@H]1c1ccccc1. The van der Waals surface area contributed by atoms with Gasteiger partial charge in [-0.1, -0.05) is 109 Å². The van der Waals surface area contributed by atoms with Gasteiger partial charge in [0.05, 0.1) is 17.8 Å². The average molecular weight is 1350 g/mol. The van der Waals surface area contributed by atoms with E-state index in [2.05, 4.69) is 28.1 Å². The number of aliphatic carboxylic acids is 1. The molecule has 3 saturated heterocycles. The van der Waals surface area contributed by atoms with E-state index >= 15 is 0 Å². The number of nitrogen functional groups attached to an aromatic ring is 1. The maximum Gasteiger partial charge on any atom is 0.410 e. The number of carbonyl (C=O) groups is 5. The van der Waals surface area contributed by atoms with Crippen LogP contribution in [0.5, 0.6) is 34.5 Å². The van der Waals surface area contributed by atoms with Crippen LogP contribution in [0.3, 0.4) is 0 Å². The van der Waals surface area contributed by atoms with Crippen LogP contribution < -0.4 is 35.9 Å². The van der Waals surface area contributed by atoms with Gasteiger partial charge in [-0.3, -0.25) is 14.4 Å². The highest BCUT2D eigenvalue weighted by atomic mass is 19.1. The van der Waals surface area contributed by atoms with E-state index in [1.807, 2.05) is 112 Å².